The number of rotatable bonds is 10. The molecule has 9 heteroatoms. The maximum absolute atomic E-state index is 13.1. The van der Waals surface area contributed by atoms with Crippen LogP contribution in [0, 0.1) is 6.92 Å². The predicted octanol–water partition coefficient (Wildman–Crippen LogP) is 4.43. The van der Waals surface area contributed by atoms with Crippen LogP contribution in [-0.4, -0.2) is 42.2 Å². The molecular formula is C29H31N7O2. The van der Waals surface area contributed by atoms with Crippen LogP contribution in [-0.2, 0) is 19.6 Å². The summed E-state index contributed by atoms with van der Waals surface area (Å²) >= 11 is 0. The molecule has 38 heavy (non-hydrogen) atoms. The van der Waals surface area contributed by atoms with Gasteiger partial charge in [0.15, 0.2) is 5.82 Å². The summed E-state index contributed by atoms with van der Waals surface area (Å²) in [6.45, 7) is 5.71. The van der Waals surface area contributed by atoms with E-state index in [0.29, 0.717) is 25.2 Å². The first-order chi connectivity index (χ1) is 18.5. The molecule has 0 aliphatic carbocycles. The smallest absolute Gasteiger partial charge is 0.252 e. The second kappa shape index (κ2) is 11.4. The van der Waals surface area contributed by atoms with Crippen LogP contribution in [0.15, 0.2) is 77.9 Å². The van der Waals surface area contributed by atoms with Crippen LogP contribution in [0.2, 0.25) is 0 Å². The van der Waals surface area contributed by atoms with E-state index in [0.717, 1.165) is 45.6 Å². The van der Waals surface area contributed by atoms with Gasteiger partial charge in [-0.2, -0.15) is 0 Å². The Labute approximate surface area is 221 Å². The predicted molar refractivity (Wildman–Crippen MR) is 146 cm³/mol. The molecule has 5 aromatic rings. The Morgan fingerprint density at radius 3 is 2.63 bits per heavy atom. The Morgan fingerprint density at radius 2 is 1.89 bits per heavy atom. The number of hydrogen-bond acceptors (Lipinski definition) is 7. The summed E-state index contributed by atoms with van der Waals surface area (Å²) in [4.78, 5) is 22.7. The van der Waals surface area contributed by atoms with Crippen LogP contribution in [0.5, 0.6) is 5.75 Å². The highest BCUT2D eigenvalue weighted by Gasteiger charge is 2.26. The van der Waals surface area contributed by atoms with Crippen molar-refractivity contribution in [2.45, 2.75) is 45.9 Å². The number of aryl methyl sites for hydroxylation is 1. The lowest BCUT2D eigenvalue weighted by molar-refractivity contribution is 0.161. The molecular weight excluding hydrogens is 478 g/mol. The molecule has 194 valence electrons. The average Bonchev–Trinajstić information content (AvgIpc) is 3.38. The number of tetrazole rings is 1. The van der Waals surface area contributed by atoms with Gasteiger partial charge in [-0.3, -0.25) is 14.7 Å². The van der Waals surface area contributed by atoms with Crippen LogP contribution >= 0.6 is 0 Å². The standard InChI is InChI=1S/C29H31N7O2/c1-4-27(28-32-33-34-36(28)18-21-8-10-25(38-3)11-9-21)35(17-22-6-5-13-30-16-22)19-24-15-23-14-20(2)7-12-26(23)31-29(24)37/h5-16,27H,4,17-19H2,1-3H3,(H,31,37)/t27-/m1/s1. The third-order valence-electron chi connectivity index (χ3n) is 6.74. The number of pyridine rings is 2. The van der Waals surface area contributed by atoms with Gasteiger partial charge in [0.25, 0.3) is 5.56 Å². The number of ether oxygens (including phenoxy) is 1. The number of hydrogen-bond donors (Lipinski definition) is 1. The molecule has 9 nitrogen and oxygen atoms in total. The highest BCUT2D eigenvalue weighted by Crippen LogP contribution is 2.27. The zero-order valence-corrected chi connectivity index (χ0v) is 21.8. The first-order valence-electron chi connectivity index (χ1n) is 12.7. The first-order valence-corrected chi connectivity index (χ1v) is 12.7. The Morgan fingerprint density at radius 1 is 1.05 bits per heavy atom. The van der Waals surface area contributed by atoms with E-state index in [-0.39, 0.29) is 11.6 Å². The fourth-order valence-electron chi connectivity index (χ4n) is 4.78. The number of nitrogens with zero attached hydrogens (tertiary/aromatic N) is 6. The van der Waals surface area contributed by atoms with Crippen molar-refractivity contribution in [2.75, 3.05) is 7.11 Å². The molecule has 0 aliphatic heterocycles. The number of benzene rings is 2. The topological polar surface area (TPSA) is 102 Å². The molecule has 0 spiro atoms. The second-order valence-electron chi connectivity index (χ2n) is 9.45. The van der Waals surface area contributed by atoms with Crippen molar-refractivity contribution in [2.24, 2.45) is 0 Å². The molecule has 0 saturated heterocycles. The molecule has 1 atom stereocenters. The van der Waals surface area contributed by atoms with Crippen molar-refractivity contribution in [1.82, 2.24) is 35.1 Å². The number of fused-ring (bicyclic) bond motifs is 1. The van der Waals surface area contributed by atoms with Gasteiger partial charge in [0, 0.05) is 36.6 Å². The number of methoxy groups -OCH3 is 1. The molecule has 0 unspecified atom stereocenters. The van der Waals surface area contributed by atoms with E-state index in [4.69, 9.17) is 4.74 Å². The molecule has 0 saturated carbocycles. The molecule has 1 N–H and O–H groups in total. The summed E-state index contributed by atoms with van der Waals surface area (Å²) in [7, 11) is 1.65. The minimum Gasteiger partial charge on any atom is -0.497 e. The van der Waals surface area contributed by atoms with Gasteiger partial charge < -0.3 is 9.72 Å². The lowest BCUT2D eigenvalue weighted by atomic mass is 10.1. The van der Waals surface area contributed by atoms with Crippen molar-refractivity contribution in [3.63, 3.8) is 0 Å². The number of nitrogens with one attached hydrogen (secondary N) is 1. The average molecular weight is 510 g/mol. The van der Waals surface area contributed by atoms with E-state index >= 15 is 0 Å². The van der Waals surface area contributed by atoms with Crippen molar-refractivity contribution in [3.8, 4) is 5.75 Å². The molecule has 0 radical (unpaired) electrons. The maximum Gasteiger partial charge on any atom is 0.252 e. The monoisotopic (exact) mass is 509 g/mol. The van der Waals surface area contributed by atoms with Gasteiger partial charge in [0.05, 0.1) is 19.7 Å². The quantitative estimate of drug-likeness (QED) is 0.297. The number of aromatic amines is 1. The van der Waals surface area contributed by atoms with E-state index in [1.807, 2.05) is 65.5 Å². The summed E-state index contributed by atoms with van der Waals surface area (Å²) in [6, 6.07) is 19.7. The molecule has 2 aromatic carbocycles. The van der Waals surface area contributed by atoms with E-state index in [9.17, 15) is 4.79 Å². The van der Waals surface area contributed by atoms with E-state index in [2.05, 4.69) is 50.3 Å². The minimum atomic E-state index is -0.129. The first kappa shape index (κ1) is 25.3. The Balaban J connectivity index is 1.50. The third-order valence-corrected chi connectivity index (χ3v) is 6.74. The zero-order valence-electron chi connectivity index (χ0n) is 21.8. The Bertz CT molecular complexity index is 1560. The largest absolute Gasteiger partial charge is 0.497 e. The van der Waals surface area contributed by atoms with Gasteiger partial charge in [-0.05, 0) is 76.7 Å². The zero-order chi connectivity index (χ0) is 26.5. The van der Waals surface area contributed by atoms with Crippen LogP contribution in [0.25, 0.3) is 10.9 Å². The van der Waals surface area contributed by atoms with Gasteiger partial charge in [-0.1, -0.05) is 36.8 Å². The maximum atomic E-state index is 13.1. The van der Waals surface area contributed by atoms with E-state index < -0.39 is 0 Å². The highest BCUT2D eigenvalue weighted by atomic mass is 16.5. The van der Waals surface area contributed by atoms with Gasteiger partial charge in [-0.15, -0.1) is 5.10 Å². The van der Waals surface area contributed by atoms with Crippen LogP contribution < -0.4 is 10.3 Å². The van der Waals surface area contributed by atoms with Crippen molar-refractivity contribution in [3.05, 3.63) is 111 Å². The Hall–Kier alpha value is -4.37. The molecule has 3 aromatic heterocycles. The minimum absolute atomic E-state index is 0.0924. The molecule has 0 aliphatic rings. The van der Waals surface area contributed by atoms with Crippen LogP contribution in [0.1, 0.15) is 47.5 Å². The lowest BCUT2D eigenvalue weighted by Crippen LogP contribution is -2.32. The van der Waals surface area contributed by atoms with Crippen LogP contribution in [0.3, 0.4) is 0 Å². The summed E-state index contributed by atoms with van der Waals surface area (Å²) in [5, 5.41) is 13.8. The van der Waals surface area contributed by atoms with Crippen molar-refractivity contribution >= 4 is 10.9 Å². The molecule has 0 amide bonds. The molecule has 5 rings (SSSR count). The summed E-state index contributed by atoms with van der Waals surface area (Å²) < 4.78 is 7.12. The Kier molecular flexibility index (Phi) is 7.55. The number of H-pyrrole nitrogens is 1. The van der Waals surface area contributed by atoms with Crippen molar-refractivity contribution < 1.29 is 4.74 Å². The molecule has 3 heterocycles. The van der Waals surface area contributed by atoms with E-state index in [1.54, 1.807) is 13.3 Å². The fourth-order valence-corrected chi connectivity index (χ4v) is 4.78. The van der Waals surface area contributed by atoms with E-state index in [1.165, 1.54) is 0 Å². The van der Waals surface area contributed by atoms with Crippen molar-refractivity contribution in [1.29, 1.82) is 0 Å². The number of aromatic nitrogens is 6. The van der Waals surface area contributed by atoms with Crippen LogP contribution in [0.4, 0.5) is 0 Å². The van der Waals surface area contributed by atoms with Gasteiger partial charge >= 0.3 is 0 Å². The fraction of sp³-hybridized carbons (Fsp3) is 0.276. The lowest BCUT2D eigenvalue weighted by Gasteiger charge is -2.30. The summed E-state index contributed by atoms with van der Waals surface area (Å²) in [5.74, 6) is 1.55. The molecule has 0 bridgehead atoms. The molecule has 0 fully saturated rings. The second-order valence-corrected chi connectivity index (χ2v) is 9.45. The highest BCUT2D eigenvalue weighted by molar-refractivity contribution is 5.79. The third kappa shape index (κ3) is 5.63. The summed E-state index contributed by atoms with van der Waals surface area (Å²) in [6.07, 6.45) is 4.37. The van der Waals surface area contributed by atoms with Gasteiger partial charge in [-0.25, -0.2) is 4.68 Å². The SMILES string of the molecule is CC[C@H](c1nnnn1Cc1ccc(OC)cc1)N(Cc1cccnc1)Cc1cc2cc(C)ccc2[nH]c1=O. The normalized spacial score (nSPS) is 12.2. The van der Waals surface area contributed by atoms with Gasteiger partial charge in [0.1, 0.15) is 5.75 Å². The summed E-state index contributed by atoms with van der Waals surface area (Å²) in [5.41, 5.74) is 4.69. The van der Waals surface area contributed by atoms with Gasteiger partial charge in [0.2, 0.25) is 0 Å².